The molecular weight excluding hydrogens is 285 g/mol. The Morgan fingerprint density at radius 2 is 2.32 bits per heavy atom. The number of hydrogen-bond donors (Lipinski definition) is 1. The third kappa shape index (κ3) is 4.84. The molecule has 0 aromatic heterocycles. The van der Waals surface area contributed by atoms with Gasteiger partial charge in [-0.2, -0.15) is 0 Å². The Morgan fingerprint density at radius 3 is 3.05 bits per heavy atom. The number of halogens is 2. The Labute approximate surface area is 124 Å². The fourth-order valence-electron chi connectivity index (χ4n) is 2.08. The first-order valence-corrected chi connectivity index (χ1v) is 7.35. The minimum absolute atomic E-state index is 0.0253. The van der Waals surface area contributed by atoms with E-state index in [0.717, 1.165) is 32.5 Å². The number of ether oxygens (including phenoxy) is 2. The Balaban J connectivity index is 1.73. The van der Waals surface area contributed by atoms with Crippen LogP contribution in [0.15, 0.2) is 18.2 Å². The van der Waals surface area contributed by atoms with Crippen molar-refractivity contribution in [1.29, 1.82) is 0 Å². The molecule has 1 aromatic rings. The van der Waals surface area contributed by atoms with Crippen LogP contribution in [-0.2, 0) is 4.74 Å². The number of nitrogens with one attached hydrogen (secondary N) is 1. The largest absolute Gasteiger partial charge is 0.488 e. The number of hydrogen-bond acceptors (Lipinski definition) is 3. The van der Waals surface area contributed by atoms with Crippen molar-refractivity contribution >= 4 is 23.2 Å². The van der Waals surface area contributed by atoms with E-state index in [2.05, 4.69) is 5.32 Å². The van der Waals surface area contributed by atoms with Gasteiger partial charge in [0.05, 0.1) is 11.1 Å². The van der Waals surface area contributed by atoms with E-state index in [9.17, 15) is 0 Å². The van der Waals surface area contributed by atoms with Crippen molar-refractivity contribution in [2.24, 2.45) is 0 Å². The number of rotatable bonds is 6. The van der Waals surface area contributed by atoms with Gasteiger partial charge in [0.15, 0.2) is 0 Å². The minimum atomic E-state index is 0.0253. The molecule has 1 heterocycles. The zero-order valence-corrected chi connectivity index (χ0v) is 12.5. The first-order chi connectivity index (χ1) is 9.15. The lowest BCUT2D eigenvalue weighted by Crippen LogP contribution is -2.34. The van der Waals surface area contributed by atoms with Gasteiger partial charge in [0.25, 0.3) is 0 Å². The summed E-state index contributed by atoms with van der Waals surface area (Å²) in [6, 6.07) is 5.23. The summed E-state index contributed by atoms with van der Waals surface area (Å²) in [7, 11) is 0. The molecule has 0 spiro atoms. The van der Waals surface area contributed by atoms with Crippen molar-refractivity contribution in [3.8, 4) is 5.75 Å². The van der Waals surface area contributed by atoms with Crippen LogP contribution in [0.5, 0.6) is 5.75 Å². The van der Waals surface area contributed by atoms with Crippen LogP contribution in [0.4, 0.5) is 0 Å². The molecule has 2 unspecified atom stereocenters. The predicted octanol–water partition coefficient (Wildman–Crippen LogP) is 3.53. The second kappa shape index (κ2) is 7.34. The van der Waals surface area contributed by atoms with E-state index in [4.69, 9.17) is 32.7 Å². The lowest BCUT2D eigenvalue weighted by Gasteiger charge is -2.18. The summed E-state index contributed by atoms with van der Waals surface area (Å²) < 4.78 is 11.3. The van der Waals surface area contributed by atoms with E-state index in [-0.39, 0.29) is 6.10 Å². The summed E-state index contributed by atoms with van der Waals surface area (Å²) in [6.07, 6.45) is 2.68. The van der Waals surface area contributed by atoms with Gasteiger partial charge in [0.1, 0.15) is 11.9 Å². The van der Waals surface area contributed by atoms with E-state index in [1.165, 1.54) is 0 Å². The molecule has 1 N–H and O–H groups in total. The fourth-order valence-corrected chi connectivity index (χ4v) is 2.40. The maximum Gasteiger partial charge on any atom is 0.139 e. The standard InChI is InChI=1S/C14H19Cl2NO2/c1-10(8-17-9-12-3-2-6-18-12)19-14-7-11(15)4-5-13(14)16/h4-5,7,10,12,17H,2-3,6,8-9H2,1H3. The molecule has 0 radical (unpaired) electrons. The Hall–Kier alpha value is -0.480. The van der Waals surface area contributed by atoms with E-state index in [0.29, 0.717) is 21.9 Å². The average Bonchev–Trinajstić information content (AvgIpc) is 2.87. The monoisotopic (exact) mass is 303 g/mol. The van der Waals surface area contributed by atoms with Gasteiger partial charge in [0.2, 0.25) is 0 Å². The van der Waals surface area contributed by atoms with Gasteiger partial charge in [-0.05, 0) is 31.9 Å². The van der Waals surface area contributed by atoms with Gasteiger partial charge in [-0.3, -0.25) is 0 Å². The molecular formula is C14H19Cl2NO2. The summed E-state index contributed by atoms with van der Waals surface area (Å²) in [5, 5.41) is 4.56. The molecule has 1 fully saturated rings. The van der Waals surface area contributed by atoms with Gasteiger partial charge in [-0.25, -0.2) is 0 Å². The highest BCUT2D eigenvalue weighted by Gasteiger charge is 2.15. The summed E-state index contributed by atoms with van der Waals surface area (Å²) >= 11 is 12.0. The van der Waals surface area contributed by atoms with E-state index in [1.807, 2.05) is 6.92 Å². The lowest BCUT2D eigenvalue weighted by molar-refractivity contribution is 0.106. The molecule has 2 atom stereocenters. The molecule has 1 aliphatic rings. The zero-order chi connectivity index (χ0) is 13.7. The van der Waals surface area contributed by atoms with Crippen molar-refractivity contribution in [2.45, 2.75) is 32.0 Å². The van der Waals surface area contributed by atoms with Crippen molar-refractivity contribution in [2.75, 3.05) is 19.7 Å². The highest BCUT2D eigenvalue weighted by molar-refractivity contribution is 6.34. The maximum atomic E-state index is 6.05. The Kier molecular flexibility index (Phi) is 5.76. The van der Waals surface area contributed by atoms with Gasteiger partial charge in [-0.15, -0.1) is 0 Å². The molecule has 106 valence electrons. The van der Waals surface area contributed by atoms with Gasteiger partial charge >= 0.3 is 0 Å². The third-order valence-electron chi connectivity index (χ3n) is 3.05. The Morgan fingerprint density at radius 1 is 1.47 bits per heavy atom. The fraction of sp³-hybridized carbons (Fsp3) is 0.571. The van der Waals surface area contributed by atoms with Crippen LogP contribution >= 0.6 is 23.2 Å². The quantitative estimate of drug-likeness (QED) is 0.872. The first kappa shape index (κ1) is 14.9. The molecule has 3 nitrogen and oxygen atoms in total. The van der Waals surface area contributed by atoms with Gasteiger partial charge < -0.3 is 14.8 Å². The summed E-state index contributed by atoms with van der Waals surface area (Å²) in [4.78, 5) is 0. The van der Waals surface area contributed by atoms with Crippen molar-refractivity contribution in [1.82, 2.24) is 5.32 Å². The molecule has 1 saturated heterocycles. The van der Waals surface area contributed by atoms with Crippen LogP contribution < -0.4 is 10.1 Å². The lowest BCUT2D eigenvalue weighted by atomic mass is 10.2. The Bertz CT molecular complexity index is 408. The molecule has 0 saturated carbocycles. The van der Waals surface area contributed by atoms with E-state index >= 15 is 0 Å². The topological polar surface area (TPSA) is 30.5 Å². The zero-order valence-electron chi connectivity index (χ0n) is 11.0. The van der Waals surface area contributed by atoms with Crippen LogP contribution in [-0.4, -0.2) is 31.9 Å². The van der Waals surface area contributed by atoms with Crippen molar-refractivity contribution < 1.29 is 9.47 Å². The second-order valence-electron chi connectivity index (χ2n) is 4.80. The second-order valence-corrected chi connectivity index (χ2v) is 5.64. The first-order valence-electron chi connectivity index (χ1n) is 6.59. The smallest absolute Gasteiger partial charge is 0.139 e. The maximum absolute atomic E-state index is 6.05. The normalized spacial score (nSPS) is 20.5. The third-order valence-corrected chi connectivity index (χ3v) is 3.60. The molecule has 1 aromatic carbocycles. The van der Waals surface area contributed by atoms with Crippen LogP contribution in [0.1, 0.15) is 19.8 Å². The predicted molar refractivity (Wildman–Crippen MR) is 78.4 cm³/mol. The highest BCUT2D eigenvalue weighted by atomic mass is 35.5. The van der Waals surface area contributed by atoms with Crippen molar-refractivity contribution in [3.05, 3.63) is 28.2 Å². The van der Waals surface area contributed by atoms with Gasteiger partial charge in [-0.1, -0.05) is 23.2 Å². The van der Waals surface area contributed by atoms with Crippen LogP contribution in [0, 0.1) is 0 Å². The van der Waals surface area contributed by atoms with Crippen LogP contribution in [0.3, 0.4) is 0 Å². The molecule has 2 rings (SSSR count). The van der Waals surface area contributed by atoms with E-state index < -0.39 is 0 Å². The summed E-state index contributed by atoms with van der Waals surface area (Å²) in [5.74, 6) is 0.626. The summed E-state index contributed by atoms with van der Waals surface area (Å²) in [6.45, 7) is 4.51. The highest BCUT2D eigenvalue weighted by Crippen LogP contribution is 2.28. The molecule has 5 heteroatoms. The SMILES string of the molecule is CC(CNCC1CCCO1)Oc1cc(Cl)ccc1Cl. The van der Waals surface area contributed by atoms with Crippen LogP contribution in [0.25, 0.3) is 0 Å². The van der Waals surface area contributed by atoms with Crippen molar-refractivity contribution in [3.63, 3.8) is 0 Å². The summed E-state index contributed by atoms with van der Waals surface area (Å²) in [5.41, 5.74) is 0. The van der Waals surface area contributed by atoms with Gasteiger partial charge in [0, 0.05) is 30.8 Å². The molecule has 0 bridgehead atoms. The molecule has 1 aliphatic heterocycles. The molecule has 19 heavy (non-hydrogen) atoms. The van der Waals surface area contributed by atoms with Crippen LogP contribution in [0.2, 0.25) is 10.0 Å². The average molecular weight is 304 g/mol. The molecule has 0 aliphatic carbocycles. The molecule has 0 amide bonds. The number of benzene rings is 1. The minimum Gasteiger partial charge on any atom is -0.488 e. The van der Waals surface area contributed by atoms with E-state index in [1.54, 1.807) is 18.2 Å².